The molecule has 2 aromatic carbocycles. The van der Waals surface area contributed by atoms with Gasteiger partial charge in [0.1, 0.15) is 11.6 Å². The molecule has 0 spiro atoms. The summed E-state index contributed by atoms with van der Waals surface area (Å²) in [7, 11) is 0. The molecule has 0 heterocycles. The van der Waals surface area contributed by atoms with E-state index < -0.39 is 23.5 Å². The third-order valence-corrected chi connectivity index (χ3v) is 4.13. The number of hydrogen-bond acceptors (Lipinski definition) is 2. The smallest absolute Gasteiger partial charge is 0.311 e. The van der Waals surface area contributed by atoms with Crippen LogP contribution in [0, 0.1) is 11.6 Å². The van der Waals surface area contributed by atoms with Gasteiger partial charge in [-0.3, -0.25) is 9.59 Å². The Balaban J connectivity index is 1.92. The van der Waals surface area contributed by atoms with Crippen LogP contribution in [0.1, 0.15) is 33.8 Å². The summed E-state index contributed by atoms with van der Waals surface area (Å²) in [5, 5.41) is 9.41. The predicted octanol–water partition coefficient (Wildman–Crippen LogP) is 4.36. The van der Waals surface area contributed by atoms with Gasteiger partial charge in [0, 0.05) is 22.8 Å². The van der Waals surface area contributed by atoms with Crippen molar-refractivity contribution in [2.45, 2.75) is 12.3 Å². The van der Waals surface area contributed by atoms with Crippen LogP contribution in [-0.4, -0.2) is 16.9 Å². The van der Waals surface area contributed by atoms with Crippen molar-refractivity contribution in [1.29, 1.82) is 0 Å². The van der Waals surface area contributed by atoms with Crippen LogP contribution in [0.15, 0.2) is 60.2 Å². The number of carbonyl (C=O) groups is 2. The molecular formula is C20H14F2O3. The van der Waals surface area contributed by atoms with Gasteiger partial charge in [-0.15, -0.1) is 0 Å². The van der Waals surface area contributed by atoms with Gasteiger partial charge in [0.15, 0.2) is 5.78 Å². The molecule has 0 saturated carbocycles. The normalized spacial score (nSPS) is 18.6. The second kappa shape index (κ2) is 6.81. The zero-order valence-electron chi connectivity index (χ0n) is 13.1. The first-order valence-corrected chi connectivity index (χ1v) is 7.66. The topological polar surface area (TPSA) is 54.4 Å². The third-order valence-electron chi connectivity index (χ3n) is 4.13. The molecule has 3 rings (SSSR count). The van der Waals surface area contributed by atoms with E-state index >= 15 is 0 Å². The van der Waals surface area contributed by atoms with Crippen molar-refractivity contribution in [3.63, 3.8) is 0 Å². The number of carboxylic acid groups (broad SMARTS) is 1. The molecule has 1 aliphatic rings. The van der Waals surface area contributed by atoms with Crippen LogP contribution in [0.25, 0.3) is 6.08 Å². The van der Waals surface area contributed by atoms with Crippen molar-refractivity contribution in [2.24, 2.45) is 0 Å². The van der Waals surface area contributed by atoms with Crippen molar-refractivity contribution in [2.75, 3.05) is 0 Å². The van der Waals surface area contributed by atoms with E-state index in [9.17, 15) is 23.5 Å². The monoisotopic (exact) mass is 340 g/mol. The van der Waals surface area contributed by atoms with Crippen LogP contribution in [0.2, 0.25) is 0 Å². The molecule has 0 saturated heterocycles. The summed E-state index contributed by atoms with van der Waals surface area (Å²) in [4.78, 5) is 24.0. The van der Waals surface area contributed by atoms with Gasteiger partial charge in [-0.25, -0.2) is 8.78 Å². The first-order valence-electron chi connectivity index (χ1n) is 7.66. The number of Topliss-reactive ketones (excluding diaryl/α,β-unsaturated/α-hetero) is 1. The number of halogens is 2. The fourth-order valence-corrected chi connectivity index (χ4v) is 2.87. The molecule has 1 atom stereocenters. The molecule has 2 aromatic rings. The summed E-state index contributed by atoms with van der Waals surface area (Å²) in [5.41, 5.74) is 1.39. The molecule has 0 aliphatic heterocycles. The molecule has 0 bridgehead atoms. The van der Waals surface area contributed by atoms with E-state index in [0.717, 1.165) is 12.1 Å². The van der Waals surface area contributed by atoms with Crippen molar-refractivity contribution >= 4 is 17.8 Å². The molecule has 0 radical (unpaired) electrons. The van der Waals surface area contributed by atoms with Crippen LogP contribution in [-0.2, 0) is 4.79 Å². The summed E-state index contributed by atoms with van der Waals surface area (Å²) in [5.74, 6) is -3.41. The van der Waals surface area contributed by atoms with E-state index in [1.807, 2.05) is 0 Å². The maximum Gasteiger partial charge on any atom is 0.311 e. The van der Waals surface area contributed by atoms with E-state index in [1.165, 1.54) is 24.3 Å². The summed E-state index contributed by atoms with van der Waals surface area (Å²) in [6.07, 6.45) is 4.43. The highest BCUT2D eigenvalue weighted by molar-refractivity contribution is 6.12. The number of ketones is 1. The first kappa shape index (κ1) is 16.8. The number of aliphatic carboxylic acids is 1. The Labute approximate surface area is 142 Å². The number of rotatable bonds is 3. The molecule has 0 fully saturated rings. The molecule has 3 nitrogen and oxygen atoms in total. The Morgan fingerprint density at radius 3 is 2.64 bits per heavy atom. The van der Waals surface area contributed by atoms with Crippen LogP contribution in [0.4, 0.5) is 8.78 Å². The van der Waals surface area contributed by atoms with Crippen LogP contribution < -0.4 is 0 Å². The van der Waals surface area contributed by atoms with E-state index in [4.69, 9.17) is 0 Å². The highest BCUT2D eigenvalue weighted by Gasteiger charge is 2.32. The quantitative estimate of drug-likeness (QED) is 0.845. The van der Waals surface area contributed by atoms with Gasteiger partial charge in [-0.05, 0) is 24.1 Å². The molecule has 1 unspecified atom stereocenters. The number of fused-ring (bicyclic) bond motifs is 1. The molecular weight excluding hydrogens is 326 g/mol. The van der Waals surface area contributed by atoms with E-state index in [-0.39, 0.29) is 17.8 Å². The summed E-state index contributed by atoms with van der Waals surface area (Å²) < 4.78 is 26.5. The van der Waals surface area contributed by atoms with Crippen molar-refractivity contribution in [3.8, 4) is 0 Å². The SMILES string of the molecule is O=C1/C(=C\C=Cc2ccc(F)cc2F)CC(C(=O)O)c2ccccc21. The molecule has 1 aliphatic carbocycles. The summed E-state index contributed by atoms with van der Waals surface area (Å²) in [6, 6.07) is 9.83. The molecule has 0 aromatic heterocycles. The molecule has 1 N–H and O–H groups in total. The Bertz CT molecular complexity index is 913. The van der Waals surface area contributed by atoms with Crippen molar-refractivity contribution in [3.05, 3.63) is 88.5 Å². The standard InChI is InChI=1S/C20H14F2O3/c21-14-9-8-12(18(22)11-14)4-3-5-13-10-17(20(24)25)15-6-1-2-7-16(15)19(13)23/h1-9,11,17H,10H2,(H,24,25)/b4-3?,13-5-. The number of hydrogen-bond donors (Lipinski definition) is 1. The highest BCUT2D eigenvalue weighted by Crippen LogP contribution is 2.34. The molecule has 0 amide bonds. The third kappa shape index (κ3) is 3.40. The molecule has 5 heteroatoms. The lowest BCUT2D eigenvalue weighted by Crippen LogP contribution is -2.23. The Morgan fingerprint density at radius 1 is 1.16 bits per heavy atom. The minimum Gasteiger partial charge on any atom is -0.481 e. The van der Waals surface area contributed by atoms with Crippen LogP contribution in [0.3, 0.4) is 0 Å². The van der Waals surface area contributed by atoms with Gasteiger partial charge in [0.05, 0.1) is 5.92 Å². The van der Waals surface area contributed by atoms with Gasteiger partial charge in [-0.2, -0.15) is 0 Å². The van der Waals surface area contributed by atoms with Gasteiger partial charge in [0.2, 0.25) is 0 Å². The van der Waals surface area contributed by atoms with Gasteiger partial charge in [-0.1, -0.05) is 42.5 Å². The average Bonchev–Trinajstić information content (AvgIpc) is 2.58. The minimum absolute atomic E-state index is 0.0709. The second-order valence-electron chi connectivity index (χ2n) is 5.73. The minimum atomic E-state index is -1.00. The van der Waals surface area contributed by atoms with Gasteiger partial charge >= 0.3 is 5.97 Å². The zero-order valence-corrected chi connectivity index (χ0v) is 13.1. The lowest BCUT2D eigenvalue weighted by Gasteiger charge is -2.23. The zero-order chi connectivity index (χ0) is 18.0. The first-order chi connectivity index (χ1) is 12.0. The largest absolute Gasteiger partial charge is 0.481 e. The summed E-state index contributed by atoms with van der Waals surface area (Å²) in [6.45, 7) is 0. The second-order valence-corrected chi connectivity index (χ2v) is 5.73. The summed E-state index contributed by atoms with van der Waals surface area (Å²) >= 11 is 0. The maximum atomic E-state index is 13.6. The fraction of sp³-hybridized carbons (Fsp3) is 0.100. The Hall–Kier alpha value is -3.08. The van der Waals surface area contributed by atoms with Crippen molar-refractivity contribution in [1.82, 2.24) is 0 Å². The Morgan fingerprint density at radius 2 is 1.92 bits per heavy atom. The molecule has 126 valence electrons. The maximum absolute atomic E-state index is 13.6. The number of carboxylic acids is 1. The van der Waals surface area contributed by atoms with Crippen LogP contribution in [0.5, 0.6) is 0 Å². The van der Waals surface area contributed by atoms with Gasteiger partial charge < -0.3 is 5.11 Å². The lowest BCUT2D eigenvalue weighted by molar-refractivity contribution is -0.138. The highest BCUT2D eigenvalue weighted by atomic mass is 19.1. The van der Waals surface area contributed by atoms with Crippen LogP contribution >= 0.6 is 0 Å². The van der Waals surface area contributed by atoms with Crippen molar-refractivity contribution < 1.29 is 23.5 Å². The fourth-order valence-electron chi connectivity index (χ4n) is 2.87. The van der Waals surface area contributed by atoms with E-state index in [2.05, 4.69) is 0 Å². The average molecular weight is 340 g/mol. The lowest BCUT2D eigenvalue weighted by atomic mass is 9.79. The predicted molar refractivity (Wildman–Crippen MR) is 89.2 cm³/mol. The molecule has 25 heavy (non-hydrogen) atoms. The Kier molecular flexibility index (Phi) is 4.57. The van der Waals surface area contributed by atoms with E-state index in [0.29, 0.717) is 16.7 Å². The number of benzene rings is 2. The van der Waals surface area contributed by atoms with E-state index in [1.54, 1.807) is 24.3 Å². The number of allylic oxidation sites excluding steroid dienone is 3. The van der Waals surface area contributed by atoms with Gasteiger partial charge in [0.25, 0.3) is 0 Å². The number of carbonyl (C=O) groups excluding carboxylic acids is 1.